The topological polar surface area (TPSA) is 50.7 Å². The van der Waals surface area contributed by atoms with Gasteiger partial charge in [0.2, 0.25) is 5.78 Å². The minimum atomic E-state index is 0.0412. The van der Waals surface area contributed by atoms with Crippen LogP contribution >= 0.6 is 11.3 Å². The smallest absolute Gasteiger partial charge is 0.211 e. The number of ketones is 1. The van der Waals surface area contributed by atoms with Gasteiger partial charge in [-0.2, -0.15) is 0 Å². The summed E-state index contributed by atoms with van der Waals surface area (Å²) in [5.74, 6) is 0.0412. The van der Waals surface area contributed by atoms with E-state index in [0.29, 0.717) is 5.56 Å². The highest BCUT2D eigenvalue weighted by molar-refractivity contribution is 7.16. The number of nitrogens with one attached hydrogen (secondary N) is 1. The quantitative estimate of drug-likeness (QED) is 0.584. The standard InChI is InChI=1S/C16H13N3OS/c1-2-19-14(7-10-4-6-21-16(10)19)15(20)12-9-18-13-3-5-17-8-11(12)13/h3-9,18H,2H2,1H3. The van der Waals surface area contributed by atoms with E-state index in [0.717, 1.165) is 33.4 Å². The van der Waals surface area contributed by atoms with Crippen LogP contribution in [0.2, 0.25) is 0 Å². The molecule has 4 heterocycles. The van der Waals surface area contributed by atoms with Crippen LogP contribution in [0, 0.1) is 0 Å². The first-order valence-corrected chi connectivity index (χ1v) is 7.70. The van der Waals surface area contributed by atoms with Gasteiger partial charge in [-0.1, -0.05) is 0 Å². The second-order valence-corrected chi connectivity index (χ2v) is 5.80. The van der Waals surface area contributed by atoms with Gasteiger partial charge >= 0.3 is 0 Å². The number of hydrogen-bond donors (Lipinski definition) is 1. The third-order valence-electron chi connectivity index (χ3n) is 3.78. The number of rotatable bonds is 3. The van der Waals surface area contributed by atoms with Crippen LogP contribution in [0.1, 0.15) is 23.0 Å². The lowest BCUT2D eigenvalue weighted by Gasteiger charge is -2.05. The molecule has 104 valence electrons. The first-order chi connectivity index (χ1) is 10.3. The first kappa shape index (κ1) is 12.3. The van der Waals surface area contributed by atoms with Crippen molar-refractivity contribution in [2.75, 3.05) is 0 Å². The van der Waals surface area contributed by atoms with Gasteiger partial charge in [0.25, 0.3) is 0 Å². The summed E-state index contributed by atoms with van der Waals surface area (Å²) in [6, 6.07) is 5.91. The molecule has 4 nitrogen and oxygen atoms in total. The summed E-state index contributed by atoms with van der Waals surface area (Å²) in [4.78, 5) is 21.3. The Morgan fingerprint density at radius 2 is 2.33 bits per heavy atom. The van der Waals surface area contributed by atoms with Gasteiger partial charge in [-0.15, -0.1) is 11.3 Å². The highest BCUT2D eigenvalue weighted by Gasteiger charge is 2.20. The molecule has 0 saturated heterocycles. The van der Waals surface area contributed by atoms with Crippen molar-refractivity contribution in [1.82, 2.24) is 14.5 Å². The molecule has 0 aliphatic heterocycles. The summed E-state index contributed by atoms with van der Waals surface area (Å²) in [7, 11) is 0. The maximum Gasteiger partial charge on any atom is 0.211 e. The number of H-pyrrole nitrogens is 1. The second-order valence-electron chi connectivity index (χ2n) is 4.91. The lowest BCUT2D eigenvalue weighted by Crippen LogP contribution is -2.08. The maximum atomic E-state index is 12.9. The molecule has 1 N–H and O–H groups in total. The van der Waals surface area contributed by atoms with Gasteiger partial charge in [0, 0.05) is 41.4 Å². The zero-order valence-corrected chi connectivity index (χ0v) is 12.3. The molecular formula is C16H13N3OS. The van der Waals surface area contributed by atoms with E-state index in [1.807, 2.05) is 12.1 Å². The predicted molar refractivity (Wildman–Crippen MR) is 85.0 cm³/mol. The molecule has 0 aromatic carbocycles. The van der Waals surface area contributed by atoms with Gasteiger partial charge in [0.05, 0.1) is 11.3 Å². The molecule has 4 rings (SSSR count). The molecule has 0 bridgehead atoms. The van der Waals surface area contributed by atoms with Crippen LogP contribution in [0.5, 0.6) is 0 Å². The van der Waals surface area contributed by atoms with Crippen molar-refractivity contribution < 1.29 is 4.79 Å². The van der Waals surface area contributed by atoms with Gasteiger partial charge in [-0.3, -0.25) is 9.78 Å². The predicted octanol–water partition coefficient (Wildman–Crippen LogP) is 3.83. The van der Waals surface area contributed by atoms with Crippen LogP contribution in [-0.4, -0.2) is 20.3 Å². The Hall–Kier alpha value is -2.40. The Kier molecular flexibility index (Phi) is 2.68. The number of aromatic amines is 1. The van der Waals surface area contributed by atoms with E-state index < -0.39 is 0 Å². The molecule has 0 spiro atoms. The van der Waals surface area contributed by atoms with Gasteiger partial charge in [0.1, 0.15) is 4.83 Å². The molecule has 4 aromatic heterocycles. The number of carbonyl (C=O) groups excluding carboxylic acids is 1. The van der Waals surface area contributed by atoms with Crippen LogP contribution in [0.15, 0.2) is 42.2 Å². The molecular weight excluding hydrogens is 282 g/mol. The molecule has 4 aromatic rings. The largest absolute Gasteiger partial charge is 0.360 e. The fourth-order valence-corrected chi connectivity index (χ4v) is 3.73. The lowest BCUT2D eigenvalue weighted by atomic mass is 10.1. The summed E-state index contributed by atoms with van der Waals surface area (Å²) in [6.07, 6.45) is 5.23. The number of aryl methyl sites for hydroxylation is 1. The zero-order chi connectivity index (χ0) is 14.4. The van der Waals surface area contributed by atoms with Crippen LogP contribution < -0.4 is 0 Å². The van der Waals surface area contributed by atoms with E-state index in [1.165, 1.54) is 0 Å². The summed E-state index contributed by atoms with van der Waals surface area (Å²) in [6.45, 7) is 2.85. The minimum absolute atomic E-state index is 0.0412. The molecule has 0 radical (unpaired) electrons. The summed E-state index contributed by atoms with van der Waals surface area (Å²) in [5.41, 5.74) is 2.35. The second kappa shape index (κ2) is 4.56. The lowest BCUT2D eigenvalue weighted by molar-refractivity contribution is 0.103. The van der Waals surface area contributed by atoms with Crippen LogP contribution in [0.25, 0.3) is 21.1 Å². The Morgan fingerprint density at radius 3 is 3.19 bits per heavy atom. The van der Waals surface area contributed by atoms with Crippen LogP contribution in [0.4, 0.5) is 0 Å². The SMILES string of the molecule is CCn1c(C(=O)c2c[nH]c3ccncc23)cc2ccsc21. The maximum absolute atomic E-state index is 12.9. The average Bonchev–Trinajstić information content (AvgIpc) is 3.19. The third kappa shape index (κ3) is 1.74. The number of thiophene rings is 1. The van der Waals surface area contributed by atoms with E-state index in [-0.39, 0.29) is 5.78 Å². The zero-order valence-electron chi connectivity index (χ0n) is 11.5. The monoisotopic (exact) mass is 295 g/mol. The number of pyridine rings is 1. The van der Waals surface area contributed by atoms with Gasteiger partial charge in [-0.25, -0.2) is 0 Å². The highest BCUT2D eigenvalue weighted by Crippen LogP contribution is 2.28. The van der Waals surface area contributed by atoms with Crippen molar-refractivity contribution in [1.29, 1.82) is 0 Å². The molecule has 0 unspecified atom stereocenters. The molecule has 0 amide bonds. The van der Waals surface area contributed by atoms with E-state index >= 15 is 0 Å². The van der Waals surface area contributed by atoms with Gasteiger partial charge in [-0.05, 0) is 30.5 Å². The Balaban J connectivity index is 1.91. The molecule has 0 aliphatic rings. The number of hydrogen-bond acceptors (Lipinski definition) is 3. The van der Waals surface area contributed by atoms with E-state index in [2.05, 4.69) is 32.9 Å². The van der Waals surface area contributed by atoms with Crippen molar-refractivity contribution >= 4 is 38.2 Å². The van der Waals surface area contributed by atoms with E-state index in [4.69, 9.17) is 0 Å². The van der Waals surface area contributed by atoms with Crippen molar-refractivity contribution in [3.63, 3.8) is 0 Å². The number of fused-ring (bicyclic) bond motifs is 2. The Labute approximate surface area is 125 Å². The van der Waals surface area contributed by atoms with Crippen molar-refractivity contribution in [2.24, 2.45) is 0 Å². The average molecular weight is 295 g/mol. The highest BCUT2D eigenvalue weighted by atomic mass is 32.1. The molecule has 0 fully saturated rings. The molecule has 5 heteroatoms. The first-order valence-electron chi connectivity index (χ1n) is 6.82. The van der Waals surface area contributed by atoms with E-state index in [9.17, 15) is 4.79 Å². The fraction of sp³-hybridized carbons (Fsp3) is 0.125. The summed E-state index contributed by atoms with van der Waals surface area (Å²) < 4.78 is 2.08. The Bertz CT molecular complexity index is 960. The third-order valence-corrected chi connectivity index (χ3v) is 4.73. The Morgan fingerprint density at radius 1 is 1.43 bits per heavy atom. The number of nitrogens with zero attached hydrogens (tertiary/aromatic N) is 2. The minimum Gasteiger partial charge on any atom is -0.360 e. The van der Waals surface area contributed by atoms with Crippen molar-refractivity contribution in [2.45, 2.75) is 13.5 Å². The van der Waals surface area contributed by atoms with Crippen molar-refractivity contribution in [3.8, 4) is 0 Å². The summed E-state index contributed by atoms with van der Waals surface area (Å²) in [5, 5.41) is 4.05. The molecule has 21 heavy (non-hydrogen) atoms. The molecule has 0 saturated carbocycles. The van der Waals surface area contributed by atoms with Crippen LogP contribution in [-0.2, 0) is 6.54 Å². The van der Waals surface area contributed by atoms with Crippen LogP contribution in [0.3, 0.4) is 0 Å². The normalized spacial score (nSPS) is 11.5. The van der Waals surface area contributed by atoms with Gasteiger partial charge < -0.3 is 9.55 Å². The van der Waals surface area contributed by atoms with Crippen molar-refractivity contribution in [3.05, 3.63) is 53.4 Å². The van der Waals surface area contributed by atoms with Gasteiger partial charge in [0.15, 0.2) is 0 Å². The van der Waals surface area contributed by atoms with E-state index in [1.54, 1.807) is 29.9 Å². The molecule has 0 aliphatic carbocycles. The number of carbonyl (C=O) groups is 1. The molecule has 0 atom stereocenters. The number of aromatic nitrogens is 3. The summed E-state index contributed by atoms with van der Waals surface area (Å²) >= 11 is 1.67. The fourth-order valence-electron chi connectivity index (χ4n) is 2.77.